The van der Waals surface area contributed by atoms with Crippen LogP contribution in [0.15, 0.2) is 24.3 Å². The Kier molecular flexibility index (Phi) is 5.65. The number of nitrogens with zero attached hydrogens (tertiary/aromatic N) is 2. The van der Waals surface area contributed by atoms with Gasteiger partial charge in [-0.05, 0) is 24.1 Å². The van der Waals surface area contributed by atoms with Crippen LogP contribution in [0, 0.1) is 0 Å². The summed E-state index contributed by atoms with van der Waals surface area (Å²) in [6.45, 7) is 1.45. The Balaban J connectivity index is 2.40. The van der Waals surface area contributed by atoms with Crippen molar-refractivity contribution in [3.63, 3.8) is 0 Å². The standard InChI is InChI=1S/C14H23N3O/c1-16(2)14(18)5-4-10-17(3)13-8-6-12(11-15)7-9-13/h6-9H,4-5,10-11,15H2,1-3H3. The van der Waals surface area contributed by atoms with Crippen molar-refractivity contribution in [3.8, 4) is 0 Å². The second-order valence-electron chi connectivity index (χ2n) is 4.68. The maximum Gasteiger partial charge on any atom is 0.222 e. The van der Waals surface area contributed by atoms with Crippen LogP contribution in [0.25, 0.3) is 0 Å². The molecular formula is C14H23N3O. The van der Waals surface area contributed by atoms with Crippen molar-refractivity contribution in [3.05, 3.63) is 29.8 Å². The van der Waals surface area contributed by atoms with Gasteiger partial charge in [0.25, 0.3) is 0 Å². The maximum atomic E-state index is 11.4. The zero-order valence-electron chi connectivity index (χ0n) is 11.5. The summed E-state index contributed by atoms with van der Waals surface area (Å²) in [5.74, 6) is 0.182. The molecule has 2 N–H and O–H groups in total. The number of anilines is 1. The van der Waals surface area contributed by atoms with Gasteiger partial charge in [0.2, 0.25) is 5.91 Å². The van der Waals surface area contributed by atoms with Crippen LogP contribution in [0.2, 0.25) is 0 Å². The van der Waals surface area contributed by atoms with Crippen LogP contribution in [-0.2, 0) is 11.3 Å². The van der Waals surface area contributed by atoms with E-state index in [-0.39, 0.29) is 5.91 Å². The quantitative estimate of drug-likeness (QED) is 0.830. The van der Waals surface area contributed by atoms with Crippen molar-refractivity contribution in [1.29, 1.82) is 0 Å². The number of hydrogen-bond acceptors (Lipinski definition) is 3. The van der Waals surface area contributed by atoms with E-state index in [9.17, 15) is 4.79 Å². The molecule has 0 atom stereocenters. The van der Waals surface area contributed by atoms with Crippen molar-refractivity contribution in [1.82, 2.24) is 4.90 Å². The van der Waals surface area contributed by atoms with Crippen molar-refractivity contribution >= 4 is 11.6 Å². The molecule has 1 aromatic rings. The third-order valence-electron chi connectivity index (χ3n) is 3.00. The summed E-state index contributed by atoms with van der Waals surface area (Å²) < 4.78 is 0. The average molecular weight is 249 g/mol. The molecule has 0 saturated heterocycles. The summed E-state index contributed by atoms with van der Waals surface area (Å²) in [7, 11) is 5.62. The Morgan fingerprint density at radius 3 is 2.28 bits per heavy atom. The van der Waals surface area contributed by atoms with Crippen LogP contribution in [-0.4, -0.2) is 38.5 Å². The second kappa shape index (κ2) is 7.01. The van der Waals surface area contributed by atoms with Gasteiger partial charge in [-0.15, -0.1) is 0 Å². The Hall–Kier alpha value is -1.55. The van der Waals surface area contributed by atoms with Gasteiger partial charge in [-0.3, -0.25) is 4.79 Å². The van der Waals surface area contributed by atoms with Gasteiger partial charge in [-0.2, -0.15) is 0 Å². The second-order valence-corrected chi connectivity index (χ2v) is 4.68. The summed E-state index contributed by atoms with van der Waals surface area (Å²) in [5.41, 5.74) is 7.85. The highest BCUT2D eigenvalue weighted by Crippen LogP contribution is 2.14. The molecule has 0 aliphatic heterocycles. The van der Waals surface area contributed by atoms with Crippen molar-refractivity contribution < 1.29 is 4.79 Å². The van der Waals surface area contributed by atoms with E-state index in [4.69, 9.17) is 5.73 Å². The fraction of sp³-hybridized carbons (Fsp3) is 0.500. The summed E-state index contributed by atoms with van der Waals surface area (Å²) in [6, 6.07) is 8.21. The van der Waals surface area contributed by atoms with Crippen LogP contribution < -0.4 is 10.6 Å². The van der Waals surface area contributed by atoms with Crippen LogP contribution >= 0.6 is 0 Å². The lowest BCUT2D eigenvalue weighted by Crippen LogP contribution is -2.24. The molecule has 0 bridgehead atoms. The molecule has 0 aromatic heterocycles. The zero-order chi connectivity index (χ0) is 13.5. The summed E-state index contributed by atoms with van der Waals surface area (Å²) in [6.07, 6.45) is 1.46. The van der Waals surface area contributed by atoms with E-state index in [0.29, 0.717) is 13.0 Å². The molecule has 0 unspecified atom stereocenters. The number of hydrogen-bond donors (Lipinski definition) is 1. The SMILES string of the molecule is CN(C)C(=O)CCCN(C)c1ccc(CN)cc1. The minimum atomic E-state index is 0.182. The lowest BCUT2D eigenvalue weighted by atomic mass is 10.2. The first-order valence-corrected chi connectivity index (χ1v) is 6.25. The van der Waals surface area contributed by atoms with Crippen molar-refractivity contribution in [2.45, 2.75) is 19.4 Å². The van der Waals surface area contributed by atoms with E-state index >= 15 is 0 Å². The fourth-order valence-corrected chi connectivity index (χ4v) is 1.71. The number of amides is 1. The number of carbonyl (C=O) groups excluding carboxylic acids is 1. The Morgan fingerprint density at radius 2 is 1.78 bits per heavy atom. The number of carbonyl (C=O) groups is 1. The van der Waals surface area contributed by atoms with Gasteiger partial charge < -0.3 is 15.5 Å². The van der Waals surface area contributed by atoms with Crippen molar-refractivity contribution in [2.24, 2.45) is 5.73 Å². The average Bonchev–Trinajstić information content (AvgIpc) is 2.38. The summed E-state index contributed by atoms with van der Waals surface area (Å²) in [4.78, 5) is 15.2. The molecule has 0 aliphatic rings. The normalized spacial score (nSPS) is 10.2. The van der Waals surface area contributed by atoms with Crippen LogP contribution in [0.4, 0.5) is 5.69 Å². The third-order valence-corrected chi connectivity index (χ3v) is 3.00. The van der Waals surface area contributed by atoms with Gasteiger partial charge in [-0.1, -0.05) is 12.1 Å². The summed E-state index contributed by atoms with van der Waals surface area (Å²) in [5, 5.41) is 0. The highest BCUT2D eigenvalue weighted by atomic mass is 16.2. The van der Waals surface area contributed by atoms with E-state index in [2.05, 4.69) is 17.0 Å². The van der Waals surface area contributed by atoms with Gasteiger partial charge >= 0.3 is 0 Å². The topological polar surface area (TPSA) is 49.6 Å². The molecule has 0 aliphatic carbocycles. The van der Waals surface area contributed by atoms with E-state index in [1.54, 1.807) is 19.0 Å². The lowest BCUT2D eigenvalue weighted by Gasteiger charge is -2.20. The molecule has 0 spiro atoms. The van der Waals surface area contributed by atoms with Gasteiger partial charge in [0.1, 0.15) is 0 Å². The number of nitrogens with two attached hydrogens (primary N) is 1. The first-order chi connectivity index (χ1) is 8.54. The monoisotopic (exact) mass is 249 g/mol. The Bertz CT molecular complexity index is 373. The van der Waals surface area contributed by atoms with Crippen molar-refractivity contribution in [2.75, 3.05) is 32.6 Å². The third kappa shape index (κ3) is 4.37. The van der Waals surface area contributed by atoms with Gasteiger partial charge in [-0.25, -0.2) is 0 Å². The highest BCUT2D eigenvalue weighted by molar-refractivity contribution is 5.75. The lowest BCUT2D eigenvalue weighted by molar-refractivity contribution is -0.128. The number of benzene rings is 1. The Labute approximate surface area is 109 Å². The predicted octanol–water partition coefficient (Wildman–Crippen LogP) is 1.45. The smallest absolute Gasteiger partial charge is 0.222 e. The molecule has 0 fully saturated rings. The molecule has 1 aromatic carbocycles. The Morgan fingerprint density at radius 1 is 1.17 bits per heavy atom. The van der Waals surface area contributed by atoms with Gasteiger partial charge in [0.05, 0.1) is 0 Å². The van der Waals surface area contributed by atoms with Gasteiger partial charge in [0, 0.05) is 46.3 Å². The minimum Gasteiger partial charge on any atom is -0.375 e. The molecular weight excluding hydrogens is 226 g/mol. The molecule has 100 valence electrons. The number of rotatable bonds is 6. The fourth-order valence-electron chi connectivity index (χ4n) is 1.71. The molecule has 18 heavy (non-hydrogen) atoms. The molecule has 4 nitrogen and oxygen atoms in total. The molecule has 4 heteroatoms. The summed E-state index contributed by atoms with van der Waals surface area (Å²) >= 11 is 0. The van der Waals surface area contributed by atoms with E-state index in [1.807, 2.05) is 19.2 Å². The van der Waals surface area contributed by atoms with Crippen LogP contribution in [0.1, 0.15) is 18.4 Å². The molecule has 0 heterocycles. The van der Waals surface area contributed by atoms with Gasteiger partial charge in [0.15, 0.2) is 0 Å². The molecule has 0 saturated carbocycles. The minimum absolute atomic E-state index is 0.182. The first kappa shape index (κ1) is 14.5. The van der Waals surface area contributed by atoms with Crippen LogP contribution in [0.5, 0.6) is 0 Å². The maximum absolute atomic E-state index is 11.4. The van der Waals surface area contributed by atoms with E-state index < -0.39 is 0 Å². The largest absolute Gasteiger partial charge is 0.375 e. The molecule has 1 rings (SSSR count). The zero-order valence-corrected chi connectivity index (χ0v) is 11.5. The predicted molar refractivity (Wildman–Crippen MR) is 75.5 cm³/mol. The highest BCUT2D eigenvalue weighted by Gasteiger charge is 2.05. The first-order valence-electron chi connectivity index (χ1n) is 6.25. The molecule has 0 radical (unpaired) electrons. The van der Waals surface area contributed by atoms with E-state index in [0.717, 1.165) is 24.2 Å². The van der Waals surface area contributed by atoms with Crippen LogP contribution in [0.3, 0.4) is 0 Å². The molecule has 1 amide bonds. The van der Waals surface area contributed by atoms with E-state index in [1.165, 1.54) is 0 Å².